The number of rotatable bonds is 4. The highest BCUT2D eigenvalue weighted by molar-refractivity contribution is 5.13. The molecule has 1 heterocycles. The highest BCUT2D eigenvalue weighted by Crippen LogP contribution is 2.26. The molecule has 94 valence electrons. The minimum Gasteiger partial charge on any atom is -0.390 e. The Morgan fingerprint density at radius 3 is 2.53 bits per heavy atom. The number of ether oxygens (including phenoxy) is 2. The van der Waals surface area contributed by atoms with Crippen molar-refractivity contribution in [2.24, 2.45) is 5.92 Å². The van der Waals surface area contributed by atoms with Crippen LogP contribution in [0.15, 0.2) is 30.3 Å². The summed E-state index contributed by atoms with van der Waals surface area (Å²) in [6.45, 7) is 5.01. The van der Waals surface area contributed by atoms with E-state index in [4.69, 9.17) is 9.47 Å². The minimum atomic E-state index is -0.416. The molecule has 1 aromatic carbocycles. The van der Waals surface area contributed by atoms with Crippen LogP contribution in [-0.2, 0) is 16.1 Å². The van der Waals surface area contributed by atoms with E-state index in [2.05, 4.69) is 0 Å². The van der Waals surface area contributed by atoms with Crippen molar-refractivity contribution in [1.29, 1.82) is 0 Å². The molecule has 0 spiro atoms. The molecule has 0 saturated carbocycles. The van der Waals surface area contributed by atoms with Gasteiger partial charge in [0, 0.05) is 5.92 Å². The minimum absolute atomic E-state index is 0.107. The van der Waals surface area contributed by atoms with E-state index < -0.39 is 6.10 Å². The van der Waals surface area contributed by atoms with Crippen molar-refractivity contribution in [3.05, 3.63) is 35.9 Å². The molecule has 0 aliphatic carbocycles. The van der Waals surface area contributed by atoms with Crippen molar-refractivity contribution in [3.8, 4) is 0 Å². The average molecular weight is 236 g/mol. The van der Waals surface area contributed by atoms with Gasteiger partial charge in [-0.15, -0.1) is 0 Å². The zero-order valence-corrected chi connectivity index (χ0v) is 10.4. The predicted molar refractivity (Wildman–Crippen MR) is 65.6 cm³/mol. The lowest BCUT2D eigenvalue weighted by molar-refractivity contribution is -0.0447. The fraction of sp³-hybridized carbons (Fsp3) is 0.571. The third-order valence-electron chi connectivity index (χ3n) is 3.44. The number of hydrogen-bond donors (Lipinski definition) is 1. The fourth-order valence-electron chi connectivity index (χ4n) is 2.10. The lowest BCUT2D eigenvalue weighted by Gasteiger charge is -2.15. The molecule has 2 unspecified atom stereocenters. The molecule has 2 rings (SSSR count). The Morgan fingerprint density at radius 2 is 1.94 bits per heavy atom. The fourth-order valence-corrected chi connectivity index (χ4v) is 2.10. The number of hydrogen-bond acceptors (Lipinski definition) is 3. The standard InChI is InChI=1S/C14H20O3/c1-10-11(2)17-13(14(10)15)9-16-8-12-6-4-3-5-7-12/h3-7,10-11,13-15H,8-9H2,1-2H3/t10?,11-,13-,14?/m1/s1. The van der Waals surface area contributed by atoms with Gasteiger partial charge in [-0.1, -0.05) is 37.3 Å². The van der Waals surface area contributed by atoms with Gasteiger partial charge in [0.05, 0.1) is 25.4 Å². The van der Waals surface area contributed by atoms with Crippen LogP contribution in [0.5, 0.6) is 0 Å². The summed E-state index contributed by atoms with van der Waals surface area (Å²) in [6, 6.07) is 10.0. The normalized spacial score (nSPS) is 32.9. The molecule has 4 atom stereocenters. The van der Waals surface area contributed by atoms with Crippen LogP contribution in [0.4, 0.5) is 0 Å². The lowest BCUT2D eigenvalue weighted by atomic mass is 10.00. The van der Waals surface area contributed by atoms with Crippen molar-refractivity contribution >= 4 is 0 Å². The zero-order chi connectivity index (χ0) is 12.3. The van der Waals surface area contributed by atoms with Gasteiger partial charge in [-0.25, -0.2) is 0 Å². The van der Waals surface area contributed by atoms with Crippen molar-refractivity contribution in [3.63, 3.8) is 0 Å². The number of aliphatic hydroxyl groups is 1. The first-order valence-corrected chi connectivity index (χ1v) is 6.13. The predicted octanol–water partition coefficient (Wildman–Crippen LogP) is 1.99. The molecule has 1 saturated heterocycles. The van der Waals surface area contributed by atoms with Crippen LogP contribution in [0.3, 0.4) is 0 Å². The van der Waals surface area contributed by atoms with Crippen LogP contribution >= 0.6 is 0 Å². The third-order valence-corrected chi connectivity index (χ3v) is 3.44. The van der Waals surface area contributed by atoms with Gasteiger partial charge in [-0.2, -0.15) is 0 Å². The van der Waals surface area contributed by atoms with Gasteiger partial charge in [0.1, 0.15) is 6.10 Å². The topological polar surface area (TPSA) is 38.7 Å². The van der Waals surface area contributed by atoms with Crippen LogP contribution in [0.1, 0.15) is 19.4 Å². The first-order chi connectivity index (χ1) is 8.18. The first kappa shape index (κ1) is 12.6. The molecule has 0 radical (unpaired) electrons. The largest absolute Gasteiger partial charge is 0.390 e. The van der Waals surface area contributed by atoms with Crippen LogP contribution in [0.2, 0.25) is 0 Å². The second kappa shape index (κ2) is 5.63. The van der Waals surface area contributed by atoms with E-state index in [9.17, 15) is 5.11 Å². The lowest BCUT2D eigenvalue weighted by Crippen LogP contribution is -2.29. The van der Waals surface area contributed by atoms with Gasteiger partial charge >= 0.3 is 0 Å². The molecule has 1 aliphatic rings. The van der Waals surface area contributed by atoms with E-state index in [1.807, 2.05) is 44.2 Å². The molecule has 1 aliphatic heterocycles. The quantitative estimate of drug-likeness (QED) is 0.869. The van der Waals surface area contributed by atoms with Crippen LogP contribution in [-0.4, -0.2) is 30.0 Å². The van der Waals surface area contributed by atoms with Gasteiger partial charge in [0.25, 0.3) is 0 Å². The zero-order valence-electron chi connectivity index (χ0n) is 10.4. The molecule has 1 aromatic rings. The maximum Gasteiger partial charge on any atom is 0.107 e. The van der Waals surface area contributed by atoms with Crippen LogP contribution in [0, 0.1) is 5.92 Å². The van der Waals surface area contributed by atoms with Gasteiger partial charge in [-0.3, -0.25) is 0 Å². The average Bonchev–Trinajstić information content (AvgIpc) is 2.59. The second-order valence-corrected chi connectivity index (χ2v) is 4.73. The Morgan fingerprint density at radius 1 is 1.24 bits per heavy atom. The molecule has 1 fully saturated rings. The Labute approximate surface area is 102 Å². The summed E-state index contributed by atoms with van der Waals surface area (Å²) in [4.78, 5) is 0. The maximum atomic E-state index is 9.92. The summed E-state index contributed by atoms with van der Waals surface area (Å²) in [7, 11) is 0. The third kappa shape index (κ3) is 3.06. The molecule has 17 heavy (non-hydrogen) atoms. The SMILES string of the molecule is CC1C(O)[C@@H](COCc2ccccc2)O[C@@H]1C. The summed E-state index contributed by atoms with van der Waals surface area (Å²) in [6.07, 6.45) is -0.500. The van der Waals surface area contributed by atoms with Gasteiger partial charge in [0.15, 0.2) is 0 Å². The van der Waals surface area contributed by atoms with E-state index in [0.717, 1.165) is 5.56 Å². The Bertz CT molecular complexity index is 339. The number of benzene rings is 1. The molecule has 1 N–H and O–H groups in total. The van der Waals surface area contributed by atoms with E-state index in [0.29, 0.717) is 13.2 Å². The summed E-state index contributed by atoms with van der Waals surface area (Å²) in [5, 5.41) is 9.92. The van der Waals surface area contributed by atoms with E-state index in [-0.39, 0.29) is 18.1 Å². The second-order valence-electron chi connectivity index (χ2n) is 4.73. The molecule has 3 heteroatoms. The summed E-state index contributed by atoms with van der Waals surface area (Å²) < 4.78 is 11.2. The van der Waals surface area contributed by atoms with Crippen LogP contribution < -0.4 is 0 Å². The first-order valence-electron chi connectivity index (χ1n) is 6.13. The maximum absolute atomic E-state index is 9.92. The van der Waals surface area contributed by atoms with Crippen molar-refractivity contribution in [2.45, 2.75) is 38.8 Å². The Hall–Kier alpha value is -0.900. The van der Waals surface area contributed by atoms with E-state index >= 15 is 0 Å². The molecule has 0 amide bonds. The van der Waals surface area contributed by atoms with Crippen molar-refractivity contribution in [2.75, 3.05) is 6.61 Å². The van der Waals surface area contributed by atoms with E-state index in [1.54, 1.807) is 0 Å². The van der Waals surface area contributed by atoms with E-state index in [1.165, 1.54) is 0 Å². The summed E-state index contributed by atoms with van der Waals surface area (Å²) in [5.74, 6) is 0.181. The molecular weight excluding hydrogens is 216 g/mol. The molecular formula is C14H20O3. The summed E-state index contributed by atoms with van der Waals surface area (Å²) in [5.41, 5.74) is 1.14. The molecule has 0 aromatic heterocycles. The number of aliphatic hydroxyl groups excluding tert-OH is 1. The highest BCUT2D eigenvalue weighted by Gasteiger charge is 2.38. The molecule has 0 bridgehead atoms. The van der Waals surface area contributed by atoms with Gasteiger partial charge < -0.3 is 14.6 Å². The summed E-state index contributed by atoms with van der Waals surface area (Å²) >= 11 is 0. The Kier molecular flexibility index (Phi) is 4.15. The smallest absolute Gasteiger partial charge is 0.107 e. The molecule has 3 nitrogen and oxygen atoms in total. The van der Waals surface area contributed by atoms with Crippen LogP contribution in [0.25, 0.3) is 0 Å². The van der Waals surface area contributed by atoms with Crippen molar-refractivity contribution in [1.82, 2.24) is 0 Å². The van der Waals surface area contributed by atoms with Gasteiger partial charge in [-0.05, 0) is 12.5 Å². The highest BCUT2D eigenvalue weighted by atomic mass is 16.6. The monoisotopic (exact) mass is 236 g/mol. The van der Waals surface area contributed by atoms with Crippen molar-refractivity contribution < 1.29 is 14.6 Å². The Balaban J connectivity index is 1.76. The van der Waals surface area contributed by atoms with Gasteiger partial charge in [0.2, 0.25) is 0 Å².